The Bertz CT molecular complexity index is 744. The fraction of sp³-hybridized carbons (Fsp3) is 0.600. The Labute approximate surface area is 143 Å². The highest BCUT2D eigenvalue weighted by molar-refractivity contribution is 7.15. The lowest BCUT2D eigenvalue weighted by molar-refractivity contribution is 0.0930. The molecule has 3 atom stereocenters. The summed E-state index contributed by atoms with van der Waals surface area (Å²) in [4.78, 5) is 14.5. The normalized spacial score (nSPS) is 25.9. The van der Waals surface area contributed by atoms with Gasteiger partial charge >= 0.3 is 0 Å². The highest BCUT2D eigenvalue weighted by Gasteiger charge is 2.44. The Kier molecular flexibility index (Phi) is 3.97. The summed E-state index contributed by atoms with van der Waals surface area (Å²) in [5.41, 5.74) is 0.572. The first-order valence-corrected chi connectivity index (χ1v) is 8.86. The molecule has 4 heterocycles. The van der Waals surface area contributed by atoms with Crippen LogP contribution in [0.15, 0.2) is 12.3 Å². The van der Waals surface area contributed by atoms with Crippen molar-refractivity contribution in [2.24, 2.45) is 18.9 Å². The second kappa shape index (κ2) is 6.14. The number of carbonyl (C=O) groups is 1. The van der Waals surface area contributed by atoms with Crippen molar-refractivity contribution in [3.05, 3.63) is 23.0 Å². The third-order valence-corrected chi connectivity index (χ3v) is 5.70. The van der Waals surface area contributed by atoms with Gasteiger partial charge in [-0.05, 0) is 13.0 Å². The van der Waals surface area contributed by atoms with Crippen LogP contribution < -0.4 is 10.2 Å². The molecule has 8 nitrogen and oxygen atoms in total. The summed E-state index contributed by atoms with van der Waals surface area (Å²) in [5.74, 6) is 0.653. The molecule has 1 N–H and O–H groups in total. The highest BCUT2D eigenvalue weighted by Crippen LogP contribution is 2.36. The quantitative estimate of drug-likeness (QED) is 0.864. The van der Waals surface area contributed by atoms with Crippen molar-refractivity contribution in [3.8, 4) is 0 Å². The van der Waals surface area contributed by atoms with Crippen LogP contribution >= 0.6 is 11.3 Å². The first kappa shape index (κ1) is 15.5. The number of amides is 1. The summed E-state index contributed by atoms with van der Waals surface area (Å²) in [6.45, 7) is 5.04. The number of carbonyl (C=O) groups excluding carboxylic acids is 1. The average molecular weight is 348 g/mol. The first-order valence-electron chi connectivity index (χ1n) is 8.04. The van der Waals surface area contributed by atoms with Gasteiger partial charge in [-0.25, -0.2) is 0 Å². The van der Waals surface area contributed by atoms with Gasteiger partial charge in [0.05, 0.1) is 12.7 Å². The Morgan fingerprint density at radius 2 is 2.33 bits per heavy atom. The van der Waals surface area contributed by atoms with Crippen molar-refractivity contribution in [2.75, 3.05) is 31.1 Å². The predicted molar refractivity (Wildman–Crippen MR) is 89.1 cm³/mol. The maximum absolute atomic E-state index is 12.2. The van der Waals surface area contributed by atoms with Crippen LogP contribution in [0.5, 0.6) is 0 Å². The molecular formula is C15H20N6O2S. The predicted octanol–water partition coefficient (Wildman–Crippen LogP) is 0.461. The van der Waals surface area contributed by atoms with E-state index in [1.54, 1.807) is 35.3 Å². The van der Waals surface area contributed by atoms with Crippen LogP contribution in [0.4, 0.5) is 5.13 Å². The van der Waals surface area contributed by atoms with Crippen LogP contribution in [0.1, 0.15) is 15.5 Å². The second-order valence-electron chi connectivity index (χ2n) is 6.35. The summed E-state index contributed by atoms with van der Waals surface area (Å²) < 4.78 is 7.52. The van der Waals surface area contributed by atoms with Crippen LogP contribution in [0.3, 0.4) is 0 Å². The summed E-state index contributed by atoms with van der Waals surface area (Å²) >= 11 is 1.61. The minimum Gasteiger partial charge on any atom is -0.376 e. The molecule has 128 valence electrons. The van der Waals surface area contributed by atoms with E-state index in [1.807, 2.05) is 6.92 Å². The zero-order valence-corrected chi connectivity index (χ0v) is 14.5. The Morgan fingerprint density at radius 3 is 3.04 bits per heavy atom. The van der Waals surface area contributed by atoms with Crippen LogP contribution in [-0.2, 0) is 11.8 Å². The molecule has 2 aromatic rings. The van der Waals surface area contributed by atoms with Crippen LogP contribution in [0.25, 0.3) is 0 Å². The number of aromatic nitrogens is 4. The van der Waals surface area contributed by atoms with Crippen molar-refractivity contribution in [1.29, 1.82) is 0 Å². The van der Waals surface area contributed by atoms with Gasteiger partial charge in [0, 0.05) is 44.7 Å². The molecule has 2 fully saturated rings. The van der Waals surface area contributed by atoms with E-state index in [-0.39, 0.29) is 12.0 Å². The number of anilines is 1. The van der Waals surface area contributed by atoms with Gasteiger partial charge in [0.25, 0.3) is 5.91 Å². The molecule has 2 aromatic heterocycles. The number of ether oxygens (including phenoxy) is 1. The molecule has 0 aliphatic carbocycles. The molecule has 24 heavy (non-hydrogen) atoms. The topological polar surface area (TPSA) is 85.2 Å². The standard InChI is InChI=1S/C15H20N6O2S/c1-9-18-19-15(24-9)21-6-11-10(8-23-13(11)7-21)5-16-14(22)12-3-4-17-20(12)2/h3-4,10-11,13H,5-8H2,1-2H3,(H,16,22)/t10-,11-,13-/m1/s1. The third-order valence-electron chi connectivity index (χ3n) is 4.80. The van der Waals surface area contributed by atoms with E-state index >= 15 is 0 Å². The first-order chi connectivity index (χ1) is 11.6. The molecule has 0 aromatic carbocycles. The molecule has 0 radical (unpaired) electrons. The number of hydrogen-bond acceptors (Lipinski definition) is 7. The summed E-state index contributed by atoms with van der Waals surface area (Å²) in [6, 6.07) is 1.72. The average Bonchev–Trinajstić information content (AvgIpc) is 3.29. The third kappa shape index (κ3) is 2.78. The monoisotopic (exact) mass is 348 g/mol. The van der Waals surface area contributed by atoms with Gasteiger partial charge in [-0.15, -0.1) is 10.2 Å². The van der Waals surface area contributed by atoms with Gasteiger partial charge in [-0.1, -0.05) is 11.3 Å². The van der Waals surface area contributed by atoms with E-state index in [9.17, 15) is 4.79 Å². The van der Waals surface area contributed by atoms with Crippen molar-refractivity contribution in [3.63, 3.8) is 0 Å². The van der Waals surface area contributed by atoms with Crippen molar-refractivity contribution < 1.29 is 9.53 Å². The number of hydrogen-bond donors (Lipinski definition) is 1. The zero-order valence-electron chi connectivity index (χ0n) is 13.7. The summed E-state index contributed by atoms with van der Waals surface area (Å²) in [7, 11) is 1.77. The van der Waals surface area contributed by atoms with Gasteiger partial charge in [0.15, 0.2) is 0 Å². The van der Waals surface area contributed by atoms with E-state index in [0.717, 1.165) is 23.2 Å². The van der Waals surface area contributed by atoms with E-state index in [4.69, 9.17) is 4.74 Å². The Balaban J connectivity index is 1.36. The lowest BCUT2D eigenvalue weighted by Gasteiger charge is -2.19. The van der Waals surface area contributed by atoms with Crippen molar-refractivity contribution in [1.82, 2.24) is 25.3 Å². The Hall–Kier alpha value is -2.00. The van der Waals surface area contributed by atoms with Gasteiger partial charge in [-0.2, -0.15) is 5.10 Å². The fourth-order valence-corrected chi connectivity index (χ4v) is 4.20. The molecule has 0 spiro atoms. The molecule has 0 bridgehead atoms. The molecule has 2 saturated heterocycles. The SMILES string of the molecule is Cc1nnc(N2C[C@@H]3[C@H](CNC(=O)c4ccnn4C)CO[C@@H]3C2)s1. The maximum Gasteiger partial charge on any atom is 0.269 e. The smallest absolute Gasteiger partial charge is 0.269 e. The molecule has 2 aliphatic rings. The lowest BCUT2D eigenvalue weighted by atomic mass is 9.93. The van der Waals surface area contributed by atoms with E-state index in [0.29, 0.717) is 30.7 Å². The lowest BCUT2D eigenvalue weighted by Crippen LogP contribution is -2.35. The number of rotatable bonds is 4. The molecule has 0 unspecified atom stereocenters. The fourth-order valence-electron chi connectivity index (χ4n) is 3.49. The molecule has 2 aliphatic heterocycles. The number of nitrogens with one attached hydrogen (secondary N) is 1. The number of aryl methyl sites for hydroxylation is 2. The second-order valence-corrected chi connectivity index (χ2v) is 7.51. The van der Waals surface area contributed by atoms with Gasteiger partial charge < -0.3 is 15.0 Å². The Morgan fingerprint density at radius 1 is 1.46 bits per heavy atom. The van der Waals surface area contributed by atoms with Crippen LogP contribution in [0.2, 0.25) is 0 Å². The molecule has 9 heteroatoms. The zero-order chi connectivity index (χ0) is 16.7. The molecule has 1 amide bonds. The summed E-state index contributed by atoms with van der Waals surface area (Å²) in [6.07, 6.45) is 1.84. The number of nitrogens with zero attached hydrogens (tertiary/aromatic N) is 5. The number of fused-ring (bicyclic) bond motifs is 1. The molecular weight excluding hydrogens is 328 g/mol. The summed E-state index contributed by atoms with van der Waals surface area (Å²) in [5, 5.41) is 17.3. The van der Waals surface area contributed by atoms with Crippen LogP contribution in [-0.4, -0.2) is 58.2 Å². The minimum atomic E-state index is -0.0898. The van der Waals surface area contributed by atoms with Crippen molar-refractivity contribution >= 4 is 22.4 Å². The van der Waals surface area contributed by atoms with Gasteiger partial charge in [-0.3, -0.25) is 9.48 Å². The minimum absolute atomic E-state index is 0.0898. The molecule has 4 rings (SSSR count). The van der Waals surface area contributed by atoms with Gasteiger partial charge in [0.2, 0.25) is 5.13 Å². The maximum atomic E-state index is 12.2. The van der Waals surface area contributed by atoms with E-state index < -0.39 is 0 Å². The van der Waals surface area contributed by atoms with E-state index in [2.05, 4.69) is 25.5 Å². The largest absolute Gasteiger partial charge is 0.376 e. The van der Waals surface area contributed by atoms with E-state index in [1.165, 1.54) is 0 Å². The van der Waals surface area contributed by atoms with Gasteiger partial charge in [0.1, 0.15) is 10.7 Å². The highest BCUT2D eigenvalue weighted by atomic mass is 32.1. The molecule has 0 saturated carbocycles. The van der Waals surface area contributed by atoms with Crippen LogP contribution in [0, 0.1) is 18.8 Å². The van der Waals surface area contributed by atoms with Crippen molar-refractivity contribution in [2.45, 2.75) is 13.0 Å².